The summed E-state index contributed by atoms with van der Waals surface area (Å²) in [6.07, 6.45) is 0. The van der Waals surface area contributed by atoms with Crippen molar-refractivity contribution in [3.8, 4) is 61.3 Å². The van der Waals surface area contributed by atoms with Crippen LogP contribution in [0.4, 0.5) is 0 Å². The summed E-state index contributed by atoms with van der Waals surface area (Å²) < 4.78 is 5.14. The molecule has 15 aromatic rings. The van der Waals surface area contributed by atoms with Gasteiger partial charge in [0.05, 0.1) is 16.7 Å². The second-order valence-electron chi connectivity index (χ2n) is 19.0. The fourth-order valence-electron chi connectivity index (χ4n) is 12.0. The third kappa shape index (κ3) is 6.19. The molecule has 0 amide bonds. The standard InChI is InChI=1S/C70H43NS/c1-4-19-44(20-5-1)47-36-39-63-61(41-47)62-42-48(45-21-6-2-7-22-45)37-40-64(62)71(63)69-57-31-16-14-29-55(57)67(56-30-15-17-32-58(56)69)49-35-38-50-59-33-18-34-60(70(59)72-65(50)43-49)68-53-27-12-10-25-51(53)66(46-23-8-3-9-24-46)52-26-11-13-28-54(52)68/h1-43H. The van der Waals surface area contributed by atoms with Crippen molar-refractivity contribution in [1.29, 1.82) is 0 Å². The number of aromatic nitrogens is 1. The highest BCUT2D eigenvalue weighted by molar-refractivity contribution is 7.26. The maximum absolute atomic E-state index is 2.54. The van der Waals surface area contributed by atoms with E-state index >= 15 is 0 Å². The average molecular weight is 930 g/mol. The maximum atomic E-state index is 2.54. The van der Waals surface area contributed by atoms with Crippen LogP contribution in [0.2, 0.25) is 0 Å². The zero-order chi connectivity index (χ0) is 47.3. The van der Waals surface area contributed by atoms with Gasteiger partial charge >= 0.3 is 0 Å². The summed E-state index contributed by atoms with van der Waals surface area (Å²) >= 11 is 1.92. The first-order valence-corrected chi connectivity index (χ1v) is 25.6. The normalized spacial score (nSPS) is 11.9. The molecule has 15 rings (SSSR count). The number of nitrogens with zero attached hydrogens (tertiary/aromatic N) is 1. The predicted octanol–water partition coefficient (Wildman–Crippen LogP) is 20.1. The summed E-state index contributed by atoms with van der Waals surface area (Å²) in [4.78, 5) is 0. The van der Waals surface area contributed by atoms with E-state index in [1.54, 1.807) is 0 Å². The van der Waals surface area contributed by atoms with Gasteiger partial charge in [0.15, 0.2) is 0 Å². The van der Waals surface area contributed by atoms with Gasteiger partial charge in [-0.1, -0.05) is 231 Å². The number of fused-ring (bicyclic) bond motifs is 10. The number of rotatable bonds is 6. The lowest BCUT2D eigenvalue weighted by atomic mass is 9.86. The molecule has 334 valence electrons. The lowest BCUT2D eigenvalue weighted by molar-refractivity contribution is 1.21. The molecule has 0 saturated carbocycles. The van der Waals surface area contributed by atoms with E-state index in [2.05, 4.69) is 265 Å². The molecule has 13 aromatic carbocycles. The summed E-state index contributed by atoms with van der Waals surface area (Å²) in [5.41, 5.74) is 16.0. The van der Waals surface area contributed by atoms with E-state index in [4.69, 9.17) is 0 Å². The first-order chi connectivity index (χ1) is 35.7. The topological polar surface area (TPSA) is 4.93 Å². The molecule has 0 aliphatic carbocycles. The van der Waals surface area contributed by atoms with Crippen LogP contribution in [-0.2, 0) is 0 Å². The molecule has 72 heavy (non-hydrogen) atoms. The fourth-order valence-corrected chi connectivity index (χ4v) is 13.3. The predicted molar refractivity (Wildman–Crippen MR) is 311 cm³/mol. The highest BCUT2D eigenvalue weighted by Gasteiger charge is 2.23. The molecule has 0 aliphatic heterocycles. The van der Waals surface area contributed by atoms with Crippen LogP contribution in [0.3, 0.4) is 0 Å². The molecule has 2 aromatic heterocycles. The Morgan fingerprint density at radius 2 is 0.639 bits per heavy atom. The van der Waals surface area contributed by atoms with E-state index in [0.29, 0.717) is 0 Å². The van der Waals surface area contributed by atoms with Crippen molar-refractivity contribution in [2.24, 2.45) is 0 Å². The smallest absolute Gasteiger partial charge is 0.0619 e. The zero-order valence-electron chi connectivity index (χ0n) is 39.2. The minimum Gasteiger partial charge on any atom is -0.308 e. The number of thiophene rings is 1. The fraction of sp³-hybridized carbons (Fsp3) is 0. The molecule has 1 nitrogen and oxygen atoms in total. The summed E-state index contributed by atoms with van der Waals surface area (Å²) in [7, 11) is 0. The van der Waals surface area contributed by atoms with Gasteiger partial charge in [0.2, 0.25) is 0 Å². The lowest BCUT2D eigenvalue weighted by Gasteiger charge is -2.19. The quantitative estimate of drug-likeness (QED) is 0.146. The first-order valence-electron chi connectivity index (χ1n) is 24.8. The Morgan fingerprint density at radius 1 is 0.236 bits per heavy atom. The van der Waals surface area contributed by atoms with E-state index in [-0.39, 0.29) is 0 Å². The van der Waals surface area contributed by atoms with Gasteiger partial charge < -0.3 is 4.57 Å². The van der Waals surface area contributed by atoms with Crippen LogP contribution >= 0.6 is 11.3 Å². The molecule has 0 N–H and O–H groups in total. The van der Waals surface area contributed by atoms with Gasteiger partial charge in [-0.15, -0.1) is 11.3 Å². The van der Waals surface area contributed by atoms with E-state index in [9.17, 15) is 0 Å². The van der Waals surface area contributed by atoms with Crippen LogP contribution in [0.15, 0.2) is 261 Å². The van der Waals surface area contributed by atoms with Crippen LogP contribution in [0, 0.1) is 0 Å². The Morgan fingerprint density at radius 3 is 1.15 bits per heavy atom. The van der Waals surface area contributed by atoms with E-state index in [1.165, 1.54) is 146 Å². The molecule has 0 unspecified atom stereocenters. The lowest BCUT2D eigenvalue weighted by Crippen LogP contribution is -1.99. The van der Waals surface area contributed by atoms with Crippen LogP contribution < -0.4 is 0 Å². The number of hydrogen-bond donors (Lipinski definition) is 0. The average Bonchev–Trinajstić information content (AvgIpc) is 3.99. The molecule has 0 radical (unpaired) electrons. The summed E-state index contributed by atoms with van der Waals surface area (Å²) in [6.45, 7) is 0. The van der Waals surface area contributed by atoms with Crippen LogP contribution in [-0.4, -0.2) is 4.57 Å². The van der Waals surface area contributed by atoms with Gasteiger partial charge in [0.25, 0.3) is 0 Å². The van der Waals surface area contributed by atoms with Crippen molar-refractivity contribution < 1.29 is 0 Å². The Labute approximate surface area is 420 Å². The second kappa shape index (κ2) is 16.2. The third-order valence-corrected chi connectivity index (χ3v) is 16.4. The van der Waals surface area contributed by atoms with Gasteiger partial charge in [0.1, 0.15) is 0 Å². The van der Waals surface area contributed by atoms with Crippen molar-refractivity contribution in [3.63, 3.8) is 0 Å². The van der Waals surface area contributed by atoms with Crippen molar-refractivity contribution in [2.45, 2.75) is 0 Å². The molecule has 2 heteroatoms. The van der Waals surface area contributed by atoms with Crippen LogP contribution in [0.25, 0.3) is 146 Å². The van der Waals surface area contributed by atoms with Gasteiger partial charge in [-0.05, 0) is 113 Å². The van der Waals surface area contributed by atoms with Gasteiger partial charge in [-0.3, -0.25) is 0 Å². The highest BCUT2D eigenvalue weighted by atomic mass is 32.1. The molecule has 2 heterocycles. The minimum atomic E-state index is 1.19. The minimum absolute atomic E-state index is 1.19. The van der Waals surface area contributed by atoms with Crippen LogP contribution in [0.1, 0.15) is 0 Å². The van der Waals surface area contributed by atoms with Gasteiger partial charge in [-0.25, -0.2) is 0 Å². The SMILES string of the molecule is c1ccc(-c2ccc3c(c2)c2cc(-c4ccccc4)ccc2n3-c2c3ccccc3c(-c3ccc4c(c3)sc3c(-c5c6ccccc6c(-c6ccccc6)c6ccccc56)cccc34)c3ccccc23)cc1. The Balaban J connectivity index is 0.954. The molecule has 0 spiro atoms. The molecule has 0 aliphatic rings. The Hall–Kier alpha value is -9.08. The van der Waals surface area contributed by atoms with Crippen molar-refractivity contribution in [3.05, 3.63) is 261 Å². The summed E-state index contributed by atoms with van der Waals surface area (Å²) in [5.74, 6) is 0. The molecule has 0 fully saturated rings. The molecule has 0 atom stereocenters. The zero-order valence-corrected chi connectivity index (χ0v) is 40.0. The summed E-state index contributed by atoms with van der Waals surface area (Å²) in [6, 6.07) is 96.7. The maximum Gasteiger partial charge on any atom is 0.0619 e. The molecular weight excluding hydrogens is 887 g/mol. The second-order valence-corrected chi connectivity index (χ2v) is 20.1. The Bertz CT molecular complexity index is 4450. The van der Waals surface area contributed by atoms with Crippen LogP contribution in [0.5, 0.6) is 0 Å². The van der Waals surface area contributed by atoms with E-state index in [1.807, 2.05) is 11.3 Å². The largest absolute Gasteiger partial charge is 0.308 e. The van der Waals surface area contributed by atoms with Crippen molar-refractivity contribution in [1.82, 2.24) is 4.57 Å². The first kappa shape index (κ1) is 40.8. The number of hydrogen-bond acceptors (Lipinski definition) is 1. The van der Waals surface area contributed by atoms with E-state index < -0.39 is 0 Å². The monoisotopic (exact) mass is 929 g/mol. The van der Waals surface area contributed by atoms with Crippen molar-refractivity contribution in [2.75, 3.05) is 0 Å². The van der Waals surface area contributed by atoms with Crippen molar-refractivity contribution >= 4 is 96.4 Å². The molecule has 0 saturated heterocycles. The summed E-state index contributed by atoms with van der Waals surface area (Å²) in [5, 5.41) is 15.1. The van der Waals surface area contributed by atoms with Gasteiger partial charge in [0, 0.05) is 47.3 Å². The van der Waals surface area contributed by atoms with Gasteiger partial charge in [-0.2, -0.15) is 0 Å². The number of benzene rings is 13. The highest BCUT2D eigenvalue weighted by Crippen LogP contribution is 2.50. The third-order valence-electron chi connectivity index (χ3n) is 15.2. The molecular formula is C70H43NS. The van der Waals surface area contributed by atoms with E-state index in [0.717, 1.165) is 0 Å². The molecule has 0 bridgehead atoms. The Kier molecular flexibility index (Phi) is 9.20.